The van der Waals surface area contributed by atoms with E-state index in [0.717, 1.165) is 37.6 Å². The number of nitrogens with zero attached hydrogens (tertiary/aromatic N) is 3. The first-order chi connectivity index (χ1) is 9.20. The Morgan fingerprint density at radius 2 is 2.05 bits per heavy atom. The number of rotatable bonds is 6. The number of aryl methyl sites for hydroxylation is 1. The predicted octanol–water partition coefficient (Wildman–Crippen LogP) is 2.99. The van der Waals surface area contributed by atoms with Crippen molar-refractivity contribution in [1.82, 2.24) is 20.1 Å². The molecule has 0 amide bonds. The van der Waals surface area contributed by atoms with E-state index in [0.29, 0.717) is 0 Å². The van der Waals surface area contributed by atoms with Crippen LogP contribution in [0.4, 0.5) is 0 Å². The molecule has 1 aliphatic rings. The largest absolute Gasteiger partial charge is 0.290 e. The summed E-state index contributed by atoms with van der Waals surface area (Å²) in [7, 11) is 0. The number of likely N-dealkylation sites (tertiary alicyclic amines) is 1. The molecule has 1 aliphatic heterocycles. The predicted molar refractivity (Wildman–Crippen MR) is 77.7 cm³/mol. The van der Waals surface area contributed by atoms with E-state index in [1.165, 1.54) is 19.3 Å². The van der Waals surface area contributed by atoms with Gasteiger partial charge in [-0.05, 0) is 39.2 Å². The van der Waals surface area contributed by atoms with Gasteiger partial charge < -0.3 is 0 Å². The molecule has 0 atom stereocenters. The highest BCUT2D eigenvalue weighted by Crippen LogP contribution is 2.35. The van der Waals surface area contributed by atoms with Crippen LogP contribution in [0.15, 0.2) is 25.3 Å². The summed E-state index contributed by atoms with van der Waals surface area (Å²) in [5.74, 6) is 1.77. The zero-order valence-corrected chi connectivity index (χ0v) is 11.9. The van der Waals surface area contributed by atoms with Crippen LogP contribution < -0.4 is 0 Å². The molecule has 1 saturated heterocycles. The van der Waals surface area contributed by atoms with E-state index >= 15 is 0 Å². The Hall–Kier alpha value is -1.42. The number of aromatic amines is 1. The lowest BCUT2D eigenvalue weighted by Crippen LogP contribution is -2.50. The van der Waals surface area contributed by atoms with Gasteiger partial charge in [0.05, 0.1) is 6.54 Å². The monoisotopic (exact) mass is 260 g/mol. The van der Waals surface area contributed by atoms with Gasteiger partial charge >= 0.3 is 0 Å². The lowest BCUT2D eigenvalue weighted by molar-refractivity contribution is 0.0405. The second kappa shape index (κ2) is 6.15. The summed E-state index contributed by atoms with van der Waals surface area (Å²) < 4.78 is 0. The number of aromatic nitrogens is 3. The number of piperidine rings is 1. The quantitative estimate of drug-likeness (QED) is 0.800. The molecular weight excluding hydrogens is 236 g/mol. The standard InChI is InChI=1S/C15H24N4/c1-4-8-15(9-5-2)10-6-7-11-19(15)12-14-16-13(3)17-18-14/h4-5H,1-2,6-12H2,3H3,(H,16,17,18). The van der Waals surface area contributed by atoms with Crippen LogP contribution in [0.2, 0.25) is 0 Å². The van der Waals surface area contributed by atoms with Crippen molar-refractivity contribution in [2.75, 3.05) is 6.54 Å². The van der Waals surface area contributed by atoms with Crippen LogP contribution in [0.5, 0.6) is 0 Å². The van der Waals surface area contributed by atoms with Crippen molar-refractivity contribution in [3.63, 3.8) is 0 Å². The highest BCUT2D eigenvalue weighted by Gasteiger charge is 2.37. The minimum absolute atomic E-state index is 0.163. The van der Waals surface area contributed by atoms with Crippen molar-refractivity contribution < 1.29 is 0 Å². The number of hydrogen-bond acceptors (Lipinski definition) is 3. The molecule has 1 aromatic heterocycles. The van der Waals surface area contributed by atoms with Gasteiger partial charge in [0.1, 0.15) is 5.82 Å². The van der Waals surface area contributed by atoms with E-state index in [1.54, 1.807) is 0 Å². The summed E-state index contributed by atoms with van der Waals surface area (Å²) in [6, 6.07) is 0. The van der Waals surface area contributed by atoms with E-state index < -0.39 is 0 Å². The maximum atomic E-state index is 4.43. The van der Waals surface area contributed by atoms with Gasteiger partial charge in [0.2, 0.25) is 0 Å². The maximum absolute atomic E-state index is 4.43. The fourth-order valence-corrected chi connectivity index (χ4v) is 3.11. The van der Waals surface area contributed by atoms with Crippen LogP contribution in [0, 0.1) is 6.92 Å². The topological polar surface area (TPSA) is 44.8 Å². The van der Waals surface area contributed by atoms with Crippen LogP contribution in [0.25, 0.3) is 0 Å². The van der Waals surface area contributed by atoms with Gasteiger partial charge in [-0.2, -0.15) is 5.10 Å². The number of nitrogens with one attached hydrogen (secondary N) is 1. The Kier molecular flexibility index (Phi) is 4.53. The molecular formula is C15H24N4. The minimum Gasteiger partial charge on any atom is -0.290 e. The molecule has 0 aromatic carbocycles. The van der Waals surface area contributed by atoms with Gasteiger partial charge in [-0.1, -0.05) is 18.6 Å². The third-order valence-electron chi connectivity index (χ3n) is 4.02. The lowest BCUT2D eigenvalue weighted by Gasteiger charge is -2.46. The van der Waals surface area contributed by atoms with Crippen molar-refractivity contribution in [3.05, 3.63) is 37.0 Å². The van der Waals surface area contributed by atoms with Gasteiger partial charge in [0.25, 0.3) is 0 Å². The molecule has 4 nitrogen and oxygen atoms in total. The summed E-state index contributed by atoms with van der Waals surface area (Å²) >= 11 is 0. The first-order valence-electron chi connectivity index (χ1n) is 7.05. The van der Waals surface area contributed by atoms with E-state index in [-0.39, 0.29) is 5.54 Å². The van der Waals surface area contributed by atoms with Crippen LogP contribution in [-0.2, 0) is 6.54 Å². The lowest BCUT2D eigenvalue weighted by atomic mass is 9.81. The first-order valence-corrected chi connectivity index (χ1v) is 7.05. The third-order valence-corrected chi connectivity index (χ3v) is 4.02. The zero-order valence-electron chi connectivity index (χ0n) is 11.9. The van der Waals surface area contributed by atoms with Gasteiger partial charge in [-0.3, -0.25) is 10.00 Å². The van der Waals surface area contributed by atoms with E-state index in [2.05, 4.69) is 33.2 Å². The van der Waals surface area contributed by atoms with E-state index in [4.69, 9.17) is 0 Å². The molecule has 4 heteroatoms. The minimum atomic E-state index is 0.163. The van der Waals surface area contributed by atoms with Crippen LogP contribution in [-0.4, -0.2) is 32.2 Å². The van der Waals surface area contributed by atoms with Gasteiger partial charge in [0, 0.05) is 5.54 Å². The smallest absolute Gasteiger partial charge is 0.164 e. The molecule has 0 aliphatic carbocycles. The second-order valence-corrected chi connectivity index (χ2v) is 5.43. The fraction of sp³-hybridized carbons (Fsp3) is 0.600. The zero-order chi connectivity index (χ0) is 13.7. The molecule has 0 saturated carbocycles. The van der Waals surface area contributed by atoms with Gasteiger partial charge in [0.15, 0.2) is 5.82 Å². The second-order valence-electron chi connectivity index (χ2n) is 5.43. The Morgan fingerprint density at radius 1 is 1.32 bits per heavy atom. The highest BCUT2D eigenvalue weighted by molar-refractivity contribution is 5.03. The van der Waals surface area contributed by atoms with Gasteiger partial charge in [-0.15, -0.1) is 13.2 Å². The molecule has 2 rings (SSSR count). The average molecular weight is 260 g/mol. The molecule has 0 bridgehead atoms. The average Bonchev–Trinajstić information content (AvgIpc) is 2.79. The van der Waals surface area contributed by atoms with Crippen molar-refractivity contribution in [1.29, 1.82) is 0 Å². The molecule has 1 fully saturated rings. The fourth-order valence-electron chi connectivity index (χ4n) is 3.11. The molecule has 1 N–H and O–H groups in total. The van der Waals surface area contributed by atoms with Crippen molar-refractivity contribution in [2.24, 2.45) is 0 Å². The van der Waals surface area contributed by atoms with Crippen LogP contribution >= 0.6 is 0 Å². The third kappa shape index (κ3) is 3.13. The SMILES string of the molecule is C=CCC1(CC=C)CCCCN1Cc1n[nH]c(C)n1. The van der Waals surface area contributed by atoms with Crippen molar-refractivity contribution in [3.8, 4) is 0 Å². The Labute approximate surface area is 115 Å². The van der Waals surface area contributed by atoms with Crippen LogP contribution in [0.1, 0.15) is 43.8 Å². The van der Waals surface area contributed by atoms with Crippen molar-refractivity contribution in [2.45, 2.75) is 51.1 Å². The summed E-state index contributed by atoms with van der Waals surface area (Å²) in [6.45, 7) is 11.7. The van der Waals surface area contributed by atoms with E-state index in [1.807, 2.05) is 19.1 Å². The molecule has 19 heavy (non-hydrogen) atoms. The molecule has 2 heterocycles. The molecule has 104 valence electrons. The molecule has 0 radical (unpaired) electrons. The summed E-state index contributed by atoms with van der Waals surface area (Å²) in [6.07, 6.45) is 9.81. The number of H-pyrrole nitrogens is 1. The number of hydrogen-bond donors (Lipinski definition) is 1. The summed E-state index contributed by atoms with van der Waals surface area (Å²) in [5.41, 5.74) is 0.163. The Balaban J connectivity index is 2.17. The molecule has 0 unspecified atom stereocenters. The maximum Gasteiger partial charge on any atom is 0.164 e. The summed E-state index contributed by atoms with van der Waals surface area (Å²) in [4.78, 5) is 6.95. The van der Waals surface area contributed by atoms with E-state index in [9.17, 15) is 0 Å². The molecule has 1 aromatic rings. The Morgan fingerprint density at radius 3 is 2.63 bits per heavy atom. The van der Waals surface area contributed by atoms with Gasteiger partial charge in [-0.25, -0.2) is 4.98 Å². The van der Waals surface area contributed by atoms with Crippen molar-refractivity contribution >= 4 is 0 Å². The highest BCUT2D eigenvalue weighted by atomic mass is 15.3. The van der Waals surface area contributed by atoms with Crippen LogP contribution in [0.3, 0.4) is 0 Å². The summed E-state index contributed by atoms with van der Waals surface area (Å²) in [5, 5.41) is 7.19. The normalized spacial score (nSPS) is 19.2. The Bertz CT molecular complexity index is 425. The first kappa shape index (κ1) is 14.0. The molecule has 0 spiro atoms.